The molecule has 0 aliphatic carbocycles. The monoisotopic (exact) mass is 330 g/mol. The molecule has 0 radical (unpaired) electrons. The molecule has 0 saturated carbocycles. The predicted molar refractivity (Wildman–Crippen MR) is 92.1 cm³/mol. The fourth-order valence-electron chi connectivity index (χ4n) is 3.43. The van der Waals surface area contributed by atoms with Gasteiger partial charge in [0, 0.05) is 31.7 Å². The first-order valence-electron chi connectivity index (χ1n) is 8.75. The van der Waals surface area contributed by atoms with Crippen LogP contribution in [0.1, 0.15) is 24.8 Å². The largest absolute Gasteiger partial charge is 0.501 e. The maximum Gasteiger partial charge on any atom is 0.250 e. The minimum absolute atomic E-state index is 0.0252. The molecule has 1 fully saturated rings. The summed E-state index contributed by atoms with van der Waals surface area (Å²) in [6.45, 7) is 3.37. The highest BCUT2D eigenvalue weighted by Crippen LogP contribution is 2.21. The average Bonchev–Trinajstić information content (AvgIpc) is 2.63. The quantitative estimate of drug-likeness (QED) is 0.862. The molecule has 2 heterocycles. The zero-order chi connectivity index (χ0) is 16.8. The van der Waals surface area contributed by atoms with E-state index in [9.17, 15) is 9.90 Å². The Bertz CT molecular complexity index is 573. The number of hydrogen-bond donors (Lipinski definition) is 2. The first-order chi connectivity index (χ1) is 11.8. The van der Waals surface area contributed by atoms with Crippen molar-refractivity contribution in [2.24, 2.45) is 5.92 Å². The van der Waals surface area contributed by atoms with Gasteiger partial charge in [0.2, 0.25) is 0 Å². The molecule has 3 rings (SSSR count). The number of nitrogens with one attached hydrogen (secondary N) is 1. The van der Waals surface area contributed by atoms with Crippen LogP contribution in [0, 0.1) is 5.92 Å². The number of nitrogens with zero attached hydrogens (tertiary/aromatic N) is 1. The van der Waals surface area contributed by atoms with Crippen LogP contribution in [-0.4, -0.2) is 48.3 Å². The summed E-state index contributed by atoms with van der Waals surface area (Å²) in [5, 5.41) is 12.8. The minimum atomic E-state index is -0.0558. The van der Waals surface area contributed by atoms with Crippen LogP contribution in [0.3, 0.4) is 0 Å². The molecule has 5 nitrogen and oxygen atoms in total. The second kappa shape index (κ2) is 8.31. The molecule has 2 atom stereocenters. The van der Waals surface area contributed by atoms with E-state index in [-0.39, 0.29) is 24.5 Å². The lowest BCUT2D eigenvalue weighted by Gasteiger charge is -2.38. The van der Waals surface area contributed by atoms with Crippen LogP contribution >= 0.6 is 0 Å². The number of piperidine rings is 1. The molecule has 24 heavy (non-hydrogen) atoms. The number of aliphatic hydroxyl groups is 1. The van der Waals surface area contributed by atoms with Crippen molar-refractivity contribution in [1.82, 2.24) is 10.2 Å². The van der Waals surface area contributed by atoms with E-state index in [2.05, 4.69) is 22.3 Å². The summed E-state index contributed by atoms with van der Waals surface area (Å²) in [5.41, 5.74) is 1.98. The number of aliphatic hydroxyl groups excluding tert-OH is 1. The zero-order valence-electron chi connectivity index (χ0n) is 14.0. The normalized spacial score (nSPS) is 24.8. The summed E-state index contributed by atoms with van der Waals surface area (Å²) < 4.78 is 5.26. The second-order valence-corrected chi connectivity index (χ2v) is 6.65. The predicted octanol–water partition coefficient (Wildman–Crippen LogP) is 1.68. The van der Waals surface area contributed by atoms with Crippen LogP contribution in [0.15, 0.2) is 42.2 Å². The SMILES string of the molecule is O=C(N[C@@H]1CN(Cc2ccccc2)CC[C@@H]1CO)C1=COCCC1. The van der Waals surface area contributed by atoms with Crippen LogP contribution in [0.5, 0.6) is 0 Å². The van der Waals surface area contributed by atoms with Crippen LogP contribution in [-0.2, 0) is 16.1 Å². The van der Waals surface area contributed by atoms with Gasteiger partial charge in [0.05, 0.1) is 18.4 Å². The number of hydrogen-bond acceptors (Lipinski definition) is 4. The molecule has 130 valence electrons. The van der Waals surface area contributed by atoms with E-state index in [0.717, 1.165) is 38.9 Å². The molecule has 2 aliphatic rings. The zero-order valence-corrected chi connectivity index (χ0v) is 14.0. The number of carbonyl (C=O) groups is 1. The molecule has 1 saturated heterocycles. The third kappa shape index (κ3) is 4.36. The van der Waals surface area contributed by atoms with Crippen molar-refractivity contribution in [3.8, 4) is 0 Å². The molecule has 2 N–H and O–H groups in total. The number of benzene rings is 1. The van der Waals surface area contributed by atoms with Gasteiger partial charge in [-0.1, -0.05) is 30.3 Å². The van der Waals surface area contributed by atoms with Crippen molar-refractivity contribution in [2.75, 3.05) is 26.3 Å². The van der Waals surface area contributed by atoms with E-state index in [4.69, 9.17) is 4.74 Å². The molecule has 5 heteroatoms. The number of likely N-dealkylation sites (tertiary alicyclic amines) is 1. The summed E-state index contributed by atoms with van der Waals surface area (Å²) in [6, 6.07) is 10.3. The van der Waals surface area contributed by atoms with Crippen molar-refractivity contribution in [1.29, 1.82) is 0 Å². The Kier molecular flexibility index (Phi) is 5.88. The van der Waals surface area contributed by atoms with Gasteiger partial charge < -0.3 is 15.2 Å². The number of ether oxygens (including phenoxy) is 1. The molecule has 1 aromatic rings. The van der Waals surface area contributed by atoms with Gasteiger partial charge in [-0.2, -0.15) is 0 Å². The Morgan fingerprint density at radius 2 is 2.17 bits per heavy atom. The van der Waals surface area contributed by atoms with Gasteiger partial charge in [0.1, 0.15) is 0 Å². The Balaban J connectivity index is 1.60. The number of carbonyl (C=O) groups excluding carboxylic acids is 1. The van der Waals surface area contributed by atoms with Crippen molar-refractivity contribution in [3.05, 3.63) is 47.7 Å². The molecule has 1 aromatic carbocycles. The van der Waals surface area contributed by atoms with E-state index < -0.39 is 0 Å². The number of rotatable bonds is 5. The third-order valence-corrected chi connectivity index (χ3v) is 4.87. The molecule has 0 aromatic heterocycles. The van der Waals surface area contributed by atoms with E-state index in [1.54, 1.807) is 6.26 Å². The van der Waals surface area contributed by atoms with Gasteiger partial charge in [-0.15, -0.1) is 0 Å². The summed E-state index contributed by atoms with van der Waals surface area (Å²) in [6.07, 6.45) is 4.12. The highest BCUT2D eigenvalue weighted by atomic mass is 16.5. The summed E-state index contributed by atoms with van der Waals surface area (Å²) in [7, 11) is 0. The molecule has 0 bridgehead atoms. The first kappa shape index (κ1) is 17.0. The van der Waals surface area contributed by atoms with E-state index >= 15 is 0 Å². The standard InChI is InChI=1S/C19H26N2O3/c22-13-16-8-9-21(11-15-5-2-1-3-6-15)12-18(16)20-19(23)17-7-4-10-24-14-17/h1-3,5-6,14,16,18,22H,4,7-13H2,(H,20,23)/t16-,18-/m1/s1. The minimum Gasteiger partial charge on any atom is -0.501 e. The number of amides is 1. The van der Waals surface area contributed by atoms with Gasteiger partial charge >= 0.3 is 0 Å². The Morgan fingerprint density at radius 1 is 1.33 bits per heavy atom. The topological polar surface area (TPSA) is 61.8 Å². The van der Waals surface area contributed by atoms with Crippen molar-refractivity contribution in [3.63, 3.8) is 0 Å². The molecular weight excluding hydrogens is 304 g/mol. The lowest BCUT2D eigenvalue weighted by molar-refractivity contribution is -0.119. The molecule has 0 unspecified atom stereocenters. The van der Waals surface area contributed by atoms with Crippen LogP contribution < -0.4 is 5.32 Å². The fourth-order valence-corrected chi connectivity index (χ4v) is 3.43. The highest BCUT2D eigenvalue weighted by molar-refractivity contribution is 5.93. The summed E-state index contributed by atoms with van der Waals surface area (Å²) >= 11 is 0. The van der Waals surface area contributed by atoms with E-state index in [1.165, 1.54) is 5.56 Å². The Morgan fingerprint density at radius 3 is 2.88 bits per heavy atom. The highest BCUT2D eigenvalue weighted by Gasteiger charge is 2.30. The maximum atomic E-state index is 12.4. The average molecular weight is 330 g/mol. The van der Waals surface area contributed by atoms with E-state index in [1.807, 2.05) is 18.2 Å². The summed E-state index contributed by atoms with van der Waals surface area (Å²) in [5.74, 6) is 0.0609. The lowest BCUT2D eigenvalue weighted by Crippen LogP contribution is -2.53. The smallest absolute Gasteiger partial charge is 0.250 e. The van der Waals surface area contributed by atoms with Crippen molar-refractivity contribution >= 4 is 5.91 Å². The second-order valence-electron chi connectivity index (χ2n) is 6.65. The van der Waals surface area contributed by atoms with Gasteiger partial charge in [0.15, 0.2) is 0 Å². The maximum absolute atomic E-state index is 12.4. The third-order valence-electron chi connectivity index (χ3n) is 4.87. The molecule has 1 amide bonds. The Labute approximate surface area is 143 Å². The van der Waals surface area contributed by atoms with Crippen LogP contribution in [0.2, 0.25) is 0 Å². The van der Waals surface area contributed by atoms with Crippen molar-refractivity contribution < 1.29 is 14.6 Å². The fraction of sp³-hybridized carbons (Fsp3) is 0.526. The molecule has 0 spiro atoms. The lowest BCUT2D eigenvalue weighted by atomic mass is 9.91. The molecule has 2 aliphatic heterocycles. The van der Waals surface area contributed by atoms with Gasteiger partial charge in [0.25, 0.3) is 5.91 Å². The van der Waals surface area contributed by atoms with Crippen LogP contribution in [0.4, 0.5) is 0 Å². The first-order valence-corrected chi connectivity index (χ1v) is 8.75. The molecular formula is C19H26N2O3. The van der Waals surface area contributed by atoms with Crippen LogP contribution in [0.25, 0.3) is 0 Å². The van der Waals surface area contributed by atoms with E-state index in [0.29, 0.717) is 12.2 Å². The Hall–Kier alpha value is -1.85. The van der Waals surface area contributed by atoms with Crippen molar-refractivity contribution in [2.45, 2.75) is 31.8 Å². The summed E-state index contributed by atoms with van der Waals surface area (Å²) in [4.78, 5) is 14.8. The van der Waals surface area contributed by atoms with Gasteiger partial charge in [-0.25, -0.2) is 0 Å². The van der Waals surface area contributed by atoms with Gasteiger partial charge in [-0.3, -0.25) is 9.69 Å². The van der Waals surface area contributed by atoms with Gasteiger partial charge in [-0.05, 0) is 31.4 Å².